The van der Waals surface area contributed by atoms with E-state index in [1.54, 1.807) is 48.5 Å². The van der Waals surface area contributed by atoms with Gasteiger partial charge in [0, 0.05) is 33.9 Å². The number of hydrogen-bond acceptors (Lipinski definition) is 2. The van der Waals surface area contributed by atoms with E-state index in [2.05, 4.69) is 10.6 Å². The van der Waals surface area contributed by atoms with Gasteiger partial charge in [-0.05, 0) is 48.9 Å². The summed E-state index contributed by atoms with van der Waals surface area (Å²) < 4.78 is 13.7. The summed E-state index contributed by atoms with van der Waals surface area (Å²) in [5.74, 6) is -1.13. The third-order valence-corrected chi connectivity index (χ3v) is 4.62. The van der Waals surface area contributed by atoms with Crippen LogP contribution in [0.3, 0.4) is 0 Å². The molecule has 0 heterocycles. The molecule has 0 radical (unpaired) electrons. The number of hydrogen-bond donors (Lipinski definition) is 2. The van der Waals surface area contributed by atoms with Crippen molar-refractivity contribution in [3.05, 3.63) is 99.8 Å². The van der Waals surface area contributed by atoms with Gasteiger partial charge in [-0.25, -0.2) is 4.39 Å². The largest absolute Gasteiger partial charge is 0.348 e. The van der Waals surface area contributed by atoms with E-state index in [1.165, 1.54) is 12.1 Å². The number of anilines is 1. The van der Waals surface area contributed by atoms with Crippen molar-refractivity contribution in [2.45, 2.75) is 13.5 Å². The highest BCUT2D eigenvalue weighted by molar-refractivity contribution is 6.31. The molecule has 4 nitrogen and oxygen atoms in total. The molecule has 2 amide bonds. The number of aryl methyl sites for hydroxylation is 1. The van der Waals surface area contributed by atoms with Crippen LogP contribution in [0.4, 0.5) is 10.1 Å². The third-order valence-electron chi connectivity index (χ3n) is 4.21. The van der Waals surface area contributed by atoms with E-state index < -0.39 is 5.91 Å². The molecule has 142 valence electrons. The first kappa shape index (κ1) is 19.6. The molecule has 0 atom stereocenters. The maximum Gasteiger partial charge on any atom is 0.255 e. The first-order valence-corrected chi connectivity index (χ1v) is 9.01. The van der Waals surface area contributed by atoms with Gasteiger partial charge in [0.1, 0.15) is 5.82 Å². The molecule has 2 N–H and O–H groups in total. The molecule has 0 aliphatic heterocycles. The van der Waals surface area contributed by atoms with Gasteiger partial charge >= 0.3 is 0 Å². The molecule has 0 aliphatic rings. The maximum absolute atomic E-state index is 13.7. The van der Waals surface area contributed by atoms with Crippen molar-refractivity contribution >= 4 is 29.1 Å². The van der Waals surface area contributed by atoms with Gasteiger partial charge in [0.05, 0.1) is 0 Å². The Balaban J connectivity index is 1.68. The quantitative estimate of drug-likeness (QED) is 0.639. The second-order valence-corrected chi connectivity index (χ2v) is 6.68. The molecule has 0 bridgehead atoms. The summed E-state index contributed by atoms with van der Waals surface area (Å²) in [5.41, 5.74) is 2.50. The fraction of sp³-hybridized carbons (Fsp3) is 0.0909. The zero-order valence-electron chi connectivity index (χ0n) is 15.1. The number of nitrogens with one attached hydrogen (secondary N) is 2. The van der Waals surface area contributed by atoms with E-state index in [0.717, 1.165) is 5.56 Å². The minimum Gasteiger partial charge on any atom is -0.348 e. The van der Waals surface area contributed by atoms with Crippen LogP contribution in [0.25, 0.3) is 0 Å². The minimum absolute atomic E-state index is 0.0593. The lowest BCUT2D eigenvalue weighted by Gasteiger charge is -2.09. The molecule has 6 heteroatoms. The minimum atomic E-state index is -0.392. The Bertz CT molecular complexity index is 1040. The fourth-order valence-corrected chi connectivity index (χ4v) is 2.78. The summed E-state index contributed by atoms with van der Waals surface area (Å²) in [6.45, 7) is 1.93. The highest BCUT2D eigenvalue weighted by Gasteiger charge is 2.12. The second-order valence-electron chi connectivity index (χ2n) is 6.27. The summed E-state index contributed by atoms with van der Waals surface area (Å²) in [6, 6.07) is 17.8. The molecule has 0 fully saturated rings. The Hall–Kier alpha value is -3.18. The lowest BCUT2D eigenvalue weighted by Crippen LogP contribution is -2.24. The smallest absolute Gasteiger partial charge is 0.255 e. The van der Waals surface area contributed by atoms with Crippen LogP contribution in [0.15, 0.2) is 66.7 Å². The zero-order valence-corrected chi connectivity index (χ0v) is 15.9. The lowest BCUT2D eigenvalue weighted by atomic mass is 10.1. The summed E-state index contributed by atoms with van der Waals surface area (Å²) >= 11 is 6.08. The molecule has 3 aromatic carbocycles. The van der Waals surface area contributed by atoms with Gasteiger partial charge in [0.2, 0.25) is 0 Å². The Labute approximate surface area is 167 Å². The lowest BCUT2D eigenvalue weighted by molar-refractivity contribution is 0.0950. The number of carbonyl (C=O) groups is 2. The van der Waals surface area contributed by atoms with Crippen molar-refractivity contribution in [1.29, 1.82) is 0 Å². The highest BCUT2D eigenvalue weighted by Crippen LogP contribution is 2.20. The van der Waals surface area contributed by atoms with E-state index in [9.17, 15) is 14.0 Å². The first-order valence-electron chi connectivity index (χ1n) is 8.63. The van der Waals surface area contributed by atoms with Crippen LogP contribution < -0.4 is 10.6 Å². The van der Waals surface area contributed by atoms with E-state index in [4.69, 9.17) is 11.6 Å². The SMILES string of the molecule is Cc1ccc(NC(=O)c2cccc(C(=O)NCc3ccccc3F)c2)cc1Cl. The van der Waals surface area contributed by atoms with Crippen LogP contribution in [0.2, 0.25) is 5.02 Å². The van der Waals surface area contributed by atoms with Gasteiger partial charge in [-0.2, -0.15) is 0 Å². The molecule has 0 unspecified atom stereocenters. The Morgan fingerprint density at radius 2 is 1.64 bits per heavy atom. The van der Waals surface area contributed by atoms with E-state index >= 15 is 0 Å². The monoisotopic (exact) mass is 396 g/mol. The van der Waals surface area contributed by atoms with Crippen molar-refractivity contribution in [3.8, 4) is 0 Å². The molecule has 0 aliphatic carbocycles. The topological polar surface area (TPSA) is 58.2 Å². The summed E-state index contributed by atoms with van der Waals surface area (Å²) in [7, 11) is 0. The average Bonchev–Trinajstić information content (AvgIpc) is 2.70. The number of amides is 2. The average molecular weight is 397 g/mol. The van der Waals surface area contributed by atoms with Crippen LogP contribution in [0.1, 0.15) is 31.8 Å². The van der Waals surface area contributed by atoms with Gasteiger partial charge in [-0.1, -0.05) is 41.9 Å². The number of rotatable bonds is 5. The van der Waals surface area contributed by atoms with Gasteiger partial charge in [-0.15, -0.1) is 0 Å². The van der Waals surface area contributed by atoms with Crippen molar-refractivity contribution < 1.29 is 14.0 Å². The first-order chi connectivity index (χ1) is 13.4. The van der Waals surface area contributed by atoms with Crippen LogP contribution >= 0.6 is 11.6 Å². The number of carbonyl (C=O) groups excluding carboxylic acids is 2. The molecular weight excluding hydrogens is 379 g/mol. The van der Waals surface area contributed by atoms with Gasteiger partial charge < -0.3 is 10.6 Å². The van der Waals surface area contributed by atoms with Gasteiger partial charge in [0.25, 0.3) is 11.8 Å². The molecule has 0 aromatic heterocycles. The van der Waals surface area contributed by atoms with E-state index in [0.29, 0.717) is 27.4 Å². The molecule has 0 spiro atoms. The van der Waals surface area contributed by atoms with Crippen LogP contribution in [-0.4, -0.2) is 11.8 Å². The van der Waals surface area contributed by atoms with Gasteiger partial charge in [0.15, 0.2) is 0 Å². The van der Waals surface area contributed by atoms with E-state index in [-0.39, 0.29) is 18.3 Å². The van der Waals surface area contributed by atoms with Crippen molar-refractivity contribution in [2.24, 2.45) is 0 Å². The molecule has 3 aromatic rings. The number of halogens is 2. The summed E-state index contributed by atoms with van der Waals surface area (Å²) in [5, 5.41) is 5.97. The van der Waals surface area contributed by atoms with Crippen molar-refractivity contribution in [2.75, 3.05) is 5.32 Å². The van der Waals surface area contributed by atoms with Crippen LogP contribution in [-0.2, 0) is 6.54 Å². The Morgan fingerprint density at radius 1 is 0.929 bits per heavy atom. The zero-order chi connectivity index (χ0) is 20.1. The Morgan fingerprint density at radius 3 is 2.36 bits per heavy atom. The molecule has 28 heavy (non-hydrogen) atoms. The third kappa shape index (κ3) is 4.75. The fourth-order valence-electron chi connectivity index (χ4n) is 2.59. The van der Waals surface area contributed by atoms with Crippen molar-refractivity contribution in [3.63, 3.8) is 0 Å². The number of benzene rings is 3. The standard InChI is InChI=1S/C22H18ClFN2O2/c1-14-9-10-18(12-19(14)23)26-22(28)16-7-4-6-15(11-16)21(27)25-13-17-5-2-3-8-20(17)24/h2-12H,13H2,1H3,(H,25,27)(H,26,28). The highest BCUT2D eigenvalue weighted by atomic mass is 35.5. The van der Waals surface area contributed by atoms with Gasteiger partial charge in [-0.3, -0.25) is 9.59 Å². The predicted molar refractivity (Wildman–Crippen MR) is 108 cm³/mol. The molecule has 3 rings (SSSR count). The molecule has 0 saturated carbocycles. The second kappa shape index (κ2) is 8.67. The normalized spacial score (nSPS) is 10.4. The Kier molecular flexibility index (Phi) is 6.06. The van der Waals surface area contributed by atoms with E-state index in [1.807, 2.05) is 13.0 Å². The predicted octanol–water partition coefficient (Wildman–Crippen LogP) is 4.97. The summed E-state index contributed by atoms with van der Waals surface area (Å²) in [6.07, 6.45) is 0. The van der Waals surface area contributed by atoms with Crippen LogP contribution in [0.5, 0.6) is 0 Å². The molecule has 0 saturated heterocycles. The summed E-state index contributed by atoms with van der Waals surface area (Å²) in [4.78, 5) is 24.8. The molecular formula is C22H18ClFN2O2. The van der Waals surface area contributed by atoms with Crippen molar-refractivity contribution in [1.82, 2.24) is 5.32 Å². The maximum atomic E-state index is 13.7. The van der Waals surface area contributed by atoms with Crippen LogP contribution in [0, 0.1) is 12.7 Å².